The smallest absolute Gasteiger partial charge is 0.182 e. The van der Waals surface area contributed by atoms with Gasteiger partial charge in [0, 0.05) is 17.1 Å². The lowest BCUT2D eigenvalue weighted by molar-refractivity contribution is 0.101. The van der Waals surface area contributed by atoms with Crippen LogP contribution < -0.4 is 10.1 Å². The Morgan fingerprint density at radius 2 is 2.39 bits per heavy atom. The van der Waals surface area contributed by atoms with Crippen molar-refractivity contribution < 1.29 is 9.53 Å². The Morgan fingerprint density at radius 3 is 3.00 bits per heavy atom. The fraction of sp³-hybridized carbons (Fsp3) is 0.167. The van der Waals surface area contributed by atoms with Crippen LogP contribution in [0, 0.1) is 0 Å². The minimum absolute atomic E-state index is 0.00792. The number of benzene rings is 1. The first-order valence-electron chi connectivity index (χ1n) is 5.21. The van der Waals surface area contributed by atoms with Gasteiger partial charge in [0.15, 0.2) is 10.9 Å². The highest BCUT2D eigenvalue weighted by molar-refractivity contribution is 9.10. The first-order valence-corrected chi connectivity index (χ1v) is 6.88. The second-order valence-corrected chi connectivity index (χ2v) is 5.21. The van der Waals surface area contributed by atoms with E-state index in [1.54, 1.807) is 31.5 Å². The number of rotatable bonds is 5. The van der Waals surface area contributed by atoms with Gasteiger partial charge in [0.1, 0.15) is 5.75 Å². The van der Waals surface area contributed by atoms with Crippen molar-refractivity contribution >= 4 is 38.2 Å². The molecule has 18 heavy (non-hydrogen) atoms. The molecule has 1 aromatic carbocycles. The number of methoxy groups -OCH3 is 1. The van der Waals surface area contributed by atoms with Gasteiger partial charge in [-0.3, -0.25) is 4.79 Å². The number of nitrogens with one attached hydrogen (secondary N) is 1. The maximum absolute atomic E-state index is 11.9. The lowest BCUT2D eigenvalue weighted by Gasteiger charge is -2.06. The predicted octanol–water partition coefficient (Wildman–Crippen LogP) is 3.21. The average molecular weight is 327 g/mol. The monoisotopic (exact) mass is 326 g/mol. The summed E-state index contributed by atoms with van der Waals surface area (Å²) in [4.78, 5) is 16.0. The highest BCUT2D eigenvalue weighted by Crippen LogP contribution is 2.25. The zero-order chi connectivity index (χ0) is 13.0. The van der Waals surface area contributed by atoms with Crippen LogP contribution in [0.5, 0.6) is 5.75 Å². The molecule has 0 aliphatic heterocycles. The van der Waals surface area contributed by atoms with E-state index in [4.69, 9.17) is 4.74 Å². The van der Waals surface area contributed by atoms with Crippen LogP contribution in [0.15, 0.2) is 34.2 Å². The van der Waals surface area contributed by atoms with Gasteiger partial charge < -0.3 is 10.1 Å². The number of hydrogen-bond donors (Lipinski definition) is 1. The summed E-state index contributed by atoms with van der Waals surface area (Å²) >= 11 is 4.82. The van der Waals surface area contributed by atoms with Crippen molar-refractivity contribution in [1.82, 2.24) is 4.98 Å². The van der Waals surface area contributed by atoms with E-state index in [1.807, 2.05) is 5.38 Å². The third-order valence-corrected chi connectivity index (χ3v) is 3.66. The number of carbonyl (C=O) groups excluding carboxylic acids is 1. The molecule has 0 atom stereocenters. The topological polar surface area (TPSA) is 51.2 Å². The maximum atomic E-state index is 11.9. The number of ketones is 1. The predicted molar refractivity (Wildman–Crippen MR) is 75.6 cm³/mol. The molecule has 1 N–H and O–H groups in total. The lowest BCUT2D eigenvalue weighted by atomic mass is 10.1. The van der Waals surface area contributed by atoms with Crippen LogP contribution in [0.3, 0.4) is 0 Å². The zero-order valence-electron chi connectivity index (χ0n) is 9.64. The van der Waals surface area contributed by atoms with Gasteiger partial charge in [0.05, 0.1) is 18.1 Å². The molecule has 1 heterocycles. The number of anilines is 1. The van der Waals surface area contributed by atoms with E-state index in [0.29, 0.717) is 11.3 Å². The highest BCUT2D eigenvalue weighted by atomic mass is 79.9. The first kappa shape index (κ1) is 13.0. The van der Waals surface area contributed by atoms with Crippen molar-refractivity contribution in [2.75, 3.05) is 19.0 Å². The van der Waals surface area contributed by atoms with E-state index in [2.05, 4.69) is 26.2 Å². The van der Waals surface area contributed by atoms with E-state index >= 15 is 0 Å². The van der Waals surface area contributed by atoms with E-state index in [0.717, 1.165) is 9.60 Å². The Kier molecular flexibility index (Phi) is 4.33. The van der Waals surface area contributed by atoms with E-state index < -0.39 is 0 Å². The number of thiazole rings is 1. The molecule has 0 saturated carbocycles. The largest absolute Gasteiger partial charge is 0.496 e. The zero-order valence-corrected chi connectivity index (χ0v) is 12.0. The van der Waals surface area contributed by atoms with Crippen molar-refractivity contribution in [3.63, 3.8) is 0 Å². The molecular formula is C12H11BrN2O2S. The summed E-state index contributed by atoms with van der Waals surface area (Å²) in [6.45, 7) is 0.228. The van der Waals surface area contributed by atoms with Crippen molar-refractivity contribution in [2.24, 2.45) is 0 Å². The number of carbonyl (C=O) groups is 1. The second-order valence-electron chi connectivity index (χ2n) is 3.46. The van der Waals surface area contributed by atoms with Crippen molar-refractivity contribution in [3.8, 4) is 5.75 Å². The molecule has 0 amide bonds. The number of aromatic nitrogens is 1. The Balaban J connectivity index is 2.02. The van der Waals surface area contributed by atoms with Gasteiger partial charge in [-0.2, -0.15) is 0 Å². The Hall–Kier alpha value is -1.40. The van der Waals surface area contributed by atoms with Gasteiger partial charge in [0.2, 0.25) is 0 Å². The molecule has 0 unspecified atom stereocenters. The molecule has 0 bridgehead atoms. The normalized spacial score (nSPS) is 10.1. The molecule has 0 fully saturated rings. The van der Waals surface area contributed by atoms with Crippen LogP contribution in [0.25, 0.3) is 0 Å². The summed E-state index contributed by atoms with van der Waals surface area (Å²) in [7, 11) is 1.59. The van der Waals surface area contributed by atoms with Crippen LogP contribution in [0.2, 0.25) is 0 Å². The number of halogens is 1. The van der Waals surface area contributed by atoms with Crippen LogP contribution in [-0.4, -0.2) is 24.4 Å². The molecule has 2 aromatic rings. The fourth-order valence-electron chi connectivity index (χ4n) is 1.41. The molecule has 2 rings (SSSR count). The minimum atomic E-state index is 0.00792. The Morgan fingerprint density at radius 1 is 1.56 bits per heavy atom. The van der Waals surface area contributed by atoms with Gasteiger partial charge >= 0.3 is 0 Å². The molecule has 6 heteroatoms. The van der Waals surface area contributed by atoms with E-state index in [1.165, 1.54) is 11.3 Å². The lowest BCUT2D eigenvalue weighted by Crippen LogP contribution is -2.13. The maximum Gasteiger partial charge on any atom is 0.182 e. The van der Waals surface area contributed by atoms with Crippen LogP contribution in [-0.2, 0) is 0 Å². The van der Waals surface area contributed by atoms with Crippen LogP contribution >= 0.6 is 27.3 Å². The standard InChI is InChI=1S/C12H11BrN2O2S/c1-17-11-3-2-8(6-9(11)13)10(16)7-15-12-14-4-5-18-12/h2-6H,7H2,1H3,(H,14,15). The molecule has 94 valence electrons. The van der Waals surface area contributed by atoms with Gasteiger partial charge in [-0.1, -0.05) is 0 Å². The molecule has 0 aliphatic carbocycles. The van der Waals surface area contributed by atoms with E-state index in [-0.39, 0.29) is 12.3 Å². The molecular weight excluding hydrogens is 316 g/mol. The molecule has 0 aliphatic rings. The van der Waals surface area contributed by atoms with Crippen LogP contribution in [0.1, 0.15) is 10.4 Å². The third kappa shape index (κ3) is 3.08. The van der Waals surface area contributed by atoms with E-state index in [9.17, 15) is 4.79 Å². The second kappa shape index (κ2) is 5.97. The minimum Gasteiger partial charge on any atom is -0.496 e. The summed E-state index contributed by atoms with van der Waals surface area (Å²) < 4.78 is 5.89. The summed E-state index contributed by atoms with van der Waals surface area (Å²) in [5.41, 5.74) is 0.631. The molecule has 4 nitrogen and oxygen atoms in total. The Bertz CT molecular complexity index is 543. The average Bonchev–Trinajstić information content (AvgIpc) is 2.89. The van der Waals surface area contributed by atoms with Crippen molar-refractivity contribution in [1.29, 1.82) is 0 Å². The number of hydrogen-bond acceptors (Lipinski definition) is 5. The molecule has 0 radical (unpaired) electrons. The summed E-state index contributed by atoms with van der Waals surface area (Å²) in [5.74, 6) is 0.716. The fourth-order valence-corrected chi connectivity index (χ4v) is 2.48. The number of ether oxygens (including phenoxy) is 1. The highest BCUT2D eigenvalue weighted by Gasteiger charge is 2.09. The number of nitrogens with zero attached hydrogens (tertiary/aromatic N) is 1. The molecule has 1 aromatic heterocycles. The molecule has 0 saturated heterocycles. The summed E-state index contributed by atoms with van der Waals surface area (Å²) in [6.07, 6.45) is 1.70. The number of Topliss-reactive ketones (excluding diaryl/α,β-unsaturated/α-hetero) is 1. The van der Waals surface area contributed by atoms with Crippen molar-refractivity contribution in [2.45, 2.75) is 0 Å². The van der Waals surface area contributed by atoms with Gasteiger partial charge in [0.25, 0.3) is 0 Å². The summed E-state index contributed by atoms with van der Waals surface area (Å²) in [6, 6.07) is 5.26. The van der Waals surface area contributed by atoms with Crippen molar-refractivity contribution in [3.05, 3.63) is 39.8 Å². The van der Waals surface area contributed by atoms with Gasteiger partial charge in [-0.15, -0.1) is 11.3 Å². The SMILES string of the molecule is COc1ccc(C(=O)CNc2nccs2)cc1Br. The summed E-state index contributed by atoms with van der Waals surface area (Å²) in [5, 5.41) is 5.59. The van der Waals surface area contributed by atoms with Gasteiger partial charge in [-0.05, 0) is 34.1 Å². The Labute approximate surface area is 117 Å². The quantitative estimate of drug-likeness (QED) is 0.857. The van der Waals surface area contributed by atoms with Crippen LogP contribution in [0.4, 0.5) is 5.13 Å². The third-order valence-electron chi connectivity index (χ3n) is 2.31. The van der Waals surface area contributed by atoms with Gasteiger partial charge in [-0.25, -0.2) is 4.98 Å². The molecule has 0 spiro atoms. The first-order chi connectivity index (χ1) is 8.70.